The summed E-state index contributed by atoms with van der Waals surface area (Å²) in [7, 11) is 0. The van der Waals surface area contributed by atoms with Gasteiger partial charge in [0, 0.05) is 17.3 Å². The van der Waals surface area contributed by atoms with E-state index in [1.807, 2.05) is 24.3 Å². The zero-order valence-electron chi connectivity index (χ0n) is 18.2. The number of nitrogens with zero attached hydrogens (tertiary/aromatic N) is 4. The highest BCUT2D eigenvalue weighted by Crippen LogP contribution is 2.20. The van der Waals surface area contributed by atoms with Gasteiger partial charge in [-0.2, -0.15) is 0 Å². The van der Waals surface area contributed by atoms with Crippen LogP contribution in [0.4, 0.5) is 5.69 Å². The minimum Gasteiger partial charge on any atom is -0.352 e. The molecule has 8 nitrogen and oxygen atoms in total. The molecule has 0 radical (unpaired) electrons. The Hall–Kier alpha value is -3.55. The van der Waals surface area contributed by atoms with Crippen LogP contribution in [0.1, 0.15) is 49.4 Å². The van der Waals surface area contributed by atoms with Gasteiger partial charge < -0.3 is 10.2 Å². The van der Waals surface area contributed by atoms with Crippen LogP contribution in [-0.4, -0.2) is 45.2 Å². The first-order chi connectivity index (χ1) is 15.5. The van der Waals surface area contributed by atoms with Crippen molar-refractivity contribution in [3.8, 4) is 0 Å². The minimum atomic E-state index is -0.305. The molecule has 0 aliphatic heterocycles. The van der Waals surface area contributed by atoms with E-state index < -0.39 is 0 Å². The molecule has 2 aromatic carbocycles. The molecule has 2 amide bonds. The Kier molecular flexibility index (Phi) is 6.58. The van der Waals surface area contributed by atoms with Crippen LogP contribution in [0.3, 0.4) is 0 Å². The van der Waals surface area contributed by atoms with E-state index in [-0.39, 0.29) is 36.7 Å². The third kappa shape index (κ3) is 5.01. The second-order valence-corrected chi connectivity index (χ2v) is 8.22. The molecule has 166 valence electrons. The van der Waals surface area contributed by atoms with Crippen molar-refractivity contribution in [2.24, 2.45) is 0 Å². The standard InChI is InChI=1S/C24H27N5O3/c1-17(30)18-8-7-11-20(14-18)28(15-23(31)25-19-9-3-2-4-10-19)24(32)16-29-22-13-6-5-12-21(22)26-27-29/h5-8,11-14,19H,2-4,9-10,15-16H2,1H3,(H,25,31). The van der Waals surface area contributed by atoms with Gasteiger partial charge >= 0.3 is 0 Å². The van der Waals surface area contributed by atoms with Crippen molar-refractivity contribution in [1.29, 1.82) is 0 Å². The third-order valence-corrected chi connectivity index (χ3v) is 5.84. The number of benzene rings is 2. The van der Waals surface area contributed by atoms with Gasteiger partial charge in [0.05, 0.1) is 5.52 Å². The van der Waals surface area contributed by atoms with Gasteiger partial charge in [-0.1, -0.05) is 48.7 Å². The van der Waals surface area contributed by atoms with Crippen molar-refractivity contribution in [2.45, 2.75) is 51.6 Å². The van der Waals surface area contributed by atoms with Crippen molar-refractivity contribution in [3.63, 3.8) is 0 Å². The first-order valence-electron chi connectivity index (χ1n) is 11.0. The van der Waals surface area contributed by atoms with Gasteiger partial charge in [0.25, 0.3) is 0 Å². The van der Waals surface area contributed by atoms with Crippen LogP contribution in [0.25, 0.3) is 11.0 Å². The van der Waals surface area contributed by atoms with Crippen molar-refractivity contribution in [1.82, 2.24) is 20.3 Å². The summed E-state index contributed by atoms with van der Waals surface area (Å²) < 4.78 is 1.53. The number of nitrogens with one attached hydrogen (secondary N) is 1. The number of para-hydroxylation sites is 1. The summed E-state index contributed by atoms with van der Waals surface area (Å²) in [6.07, 6.45) is 5.33. The number of carbonyl (C=O) groups is 3. The molecule has 0 atom stereocenters. The summed E-state index contributed by atoms with van der Waals surface area (Å²) in [6.45, 7) is 1.29. The zero-order chi connectivity index (χ0) is 22.5. The first-order valence-corrected chi connectivity index (χ1v) is 11.0. The summed E-state index contributed by atoms with van der Waals surface area (Å²) in [5, 5.41) is 11.3. The normalized spacial score (nSPS) is 14.3. The molecule has 0 saturated heterocycles. The van der Waals surface area contributed by atoms with E-state index in [2.05, 4.69) is 15.6 Å². The van der Waals surface area contributed by atoms with Crippen molar-refractivity contribution >= 4 is 34.3 Å². The van der Waals surface area contributed by atoms with E-state index in [1.54, 1.807) is 24.3 Å². The largest absolute Gasteiger partial charge is 0.352 e. The molecular formula is C24H27N5O3. The fraction of sp³-hybridized carbons (Fsp3) is 0.375. The maximum Gasteiger partial charge on any atom is 0.249 e. The Labute approximate surface area is 186 Å². The Morgan fingerprint density at radius 2 is 1.84 bits per heavy atom. The molecule has 32 heavy (non-hydrogen) atoms. The maximum absolute atomic E-state index is 13.3. The summed E-state index contributed by atoms with van der Waals surface area (Å²) in [5.74, 6) is -0.616. The number of amides is 2. The molecule has 3 aromatic rings. The number of hydrogen-bond donors (Lipinski definition) is 1. The summed E-state index contributed by atoms with van der Waals surface area (Å²) >= 11 is 0. The maximum atomic E-state index is 13.3. The van der Waals surface area contributed by atoms with Crippen molar-refractivity contribution in [3.05, 3.63) is 54.1 Å². The first kappa shape index (κ1) is 21.7. The number of rotatable bonds is 7. The van der Waals surface area contributed by atoms with Gasteiger partial charge in [-0.25, -0.2) is 4.68 Å². The van der Waals surface area contributed by atoms with E-state index in [0.717, 1.165) is 31.2 Å². The molecule has 0 bridgehead atoms. The Morgan fingerprint density at radius 1 is 1.06 bits per heavy atom. The molecule has 8 heteroatoms. The molecule has 4 rings (SSSR count). The molecule has 0 unspecified atom stereocenters. The number of fused-ring (bicyclic) bond motifs is 1. The van der Waals surface area contributed by atoms with E-state index in [1.165, 1.54) is 22.9 Å². The fourth-order valence-electron chi connectivity index (χ4n) is 4.13. The second kappa shape index (κ2) is 9.72. The lowest BCUT2D eigenvalue weighted by Gasteiger charge is -2.26. The van der Waals surface area contributed by atoms with Crippen LogP contribution in [0.5, 0.6) is 0 Å². The van der Waals surface area contributed by atoms with E-state index >= 15 is 0 Å². The van der Waals surface area contributed by atoms with Crippen LogP contribution >= 0.6 is 0 Å². The van der Waals surface area contributed by atoms with Gasteiger partial charge in [-0.3, -0.25) is 14.4 Å². The summed E-state index contributed by atoms with van der Waals surface area (Å²) in [4.78, 5) is 39.5. The van der Waals surface area contributed by atoms with Crippen LogP contribution in [0, 0.1) is 0 Å². The number of ketones is 1. The second-order valence-electron chi connectivity index (χ2n) is 8.22. The van der Waals surface area contributed by atoms with Crippen LogP contribution in [0.2, 0.25) is 0 Å². The lowest BCUT2D eigenvalue weighted by molar-refractivity contribution is -0.124. The highest BCUT2D eigenvalue weighted by Gasteiger charge is 2.23. The SMILES string of the molecule is CC(=O)c1cccc(N(CC(=O)NC2CCCCC2)C(=O)Cn2nnc3ccccc32)c1. The number of anilines is 1. The molecule has 1 aromatic heterocycles. The van der Waals surface area contributed by atoms with E-state index in [9.17, 15) is 14.4 Å². The zero-order valence-corrected chi connectivity index (χ0v) is 18.2. The molecule has 1 aliphatic carbocycles. The lowest BCUT2D eigenvalue weighted by Crippen LogP contribution is -2.45. The smallest absolute Gasteiger partial charge is 0.249 e. The molecule has 1 aliphatic rings. The van der Waals surface area contributed by atoms with E-state index in [0.29, 0.717) is 16.8 Å². The van der Waals surface area contributed by atoms with E-state index in [4.69, 9.17) is 0 Å². The Balaban J connectivity index is 1.57. The lowest BCUT2D eigenvalue weighted by atomic mass is 9.95. The van der Waals surface area contributed by atoms with Gasteiger partial charge in [0.2, 0.25) is 11.8 Å². The monoisotopic (exact) mass is 433 g/mol. The number of hydrogen-bond acceptors (Lipinski definition) is 5. The van der Waals surface area contributed by atoms with Gasteiger partial charge in [-0.05, 0) is 44.0 Å². The number of Topliss-reactive ketones (excluding diaryl/α,β-unsaturated/α-hetero) is 1. The molecule has 0 spiro atoms. The fourth-order valence-corrected chi connectivity index (χ4v) is 4.13. The molecule has 1 heterocycles. The van der Waals surface area contributed by atoms with Gasteiger partial charge in [0.15, 0.2) is 5.78 Å². The van der Waals surface area contributed by atoms with Gasteiger partial charge in [-0.15, -0.1) is 5.10 Å². The van der Waals surface area contributed by atoms with Crippen LogP contribution in [0.15, 0.2) is 48.5 Å². The summed E-state index contributed by atoms with van der Waals surface area (Å²) in [6, 6.07) is 14.3. The predicted molar refractivity (Wildman–Crippen MR) is 121 cm³/mol. The Bertz CT molecular complexity index is 1130. The summed E-state index contributed by atoms with van der Waals surface area (Å²) in [5.41, 5.74) is 2.43. The molecular weight excluding hydrogens is 406 g/mol. The third-order valence-electron chi connectivity index (χ3n) is 5.84. The van der Waals surface area contributed by atoms with Crippen molar-refractivity contribution in [2.75, 3.05) is 11.4 Å². The average molecular weight is 434 g/mol. The van der Waals surface area contributed by atoms with Gasteiger partial charge in [0.1, 0.15) is 18.6 Å². The average Bonchev–Trinajstić information content (AvgIpc) is 3.21. The predicted octanol–water partition coefficient (Wildman–Crippen LogP) is 3.12. The number of carbonyl (C=O) groups excluding carboxylic acids is 3. The Morgan fingerprint density at radius 3 is 2.62 bits per heavy atom. The molecule has 1 saturated carbocycles. The highest BCUT2D eigenvalue weighted by atomic mass is 16.2. The molecule has 1 N–H and O–H groups in total. The highest BCUT2D eigenvalue weighted by molar-refractivity contribution is 6.01. The minimum absolute atomic E-state index is 0.0679. The quantitative estimate of drug-likeness (QED) is 0.578. The van der Waals surface area contributed by atoms with Crippen LogP contribution < -0.4 is 10.2 Å². The number of aromatic nitrogens is 3. The van der Waals surface area contributed by atoms with Crippen molar-refractivity contribution < 1.29 is 14.4 Å². The topological polar surface area (TPSA) is 97.2 Å². The van der Waals surface area contributed by atoms with Crippen LogP contribution in [-0.2, 0) is 16.1 Å². The molecule has 1 fully saturated rings.